The lowest BCUT2D eigenvalue weighted by Gasteiger charge is -1.99. The third kappa shape index (κ3) is 4.49. The minimum Gasteiger partial charge on any atom is -0.288 e. The van der Waals surface area contributed by atoms with E-state index in [1.165, 1.54) is 17.8 Å². The molecule has 0 heterocycles. The van der Waals surface area contributed by atoms with Gasteiger partial charge in [-0.25, -0.2) is 4.39 Å². The van der Waals surface area contributed by atoms with Gasteiger partial charge in [0, 0.05) is 22.7 Å². The molecule has 0 fully saturated rings. The molecule has 0 saturated heterocycles. The van der Waals surface area contributed by atoms with Gasteiger partial charge in [-0.15, -0.1) is 0 Å². The van der Waals surface area contributed by atoms with Gasteiger partial charge in [-0.1, -0.05) is 45.9 Å². The van der Waals surface area contributed by atoms with Crippen LogP contribution in [0.2, 0.25) is 0 Å². The lowest BCUT2D eigenvalue weighted by molar-refractivity contribution is -0.109. The van der Waals surface area contributed by atoms with Gasteiger partial charge in [0.2, 0.25) is 0 Å². The average Bonchev–Trinajstić information content (AvgIpc) is 2.21. The average molecular weight is 303 g/mol. The molecule has 0 N–H and O–H groups in total. The predicted molar refractivity (Wildman–Crippen MR) is 70.9 cm³/mol. The highest BCUT2D eigenvalue weighted by atomic mass is 79.9. The molecule has 0 spiro atoms. The fourth-order valence-electron chi connectivity index (χ4n) is 1.14. The van der Waals surface area contributed by atoms with Crippen molar-refractivity contribution < 1.29 is 9.18 Å². The van der Waals surface area contributed by atoms with Gasteiger partial charge in [0.05, 0.1) is 0 Å². The van der Waals surface area contributed by atoms with Crippen LogP contribution in [0.5, 0.6) is 0 Å². The molecule has 1 rings (SSSR count). The Morgan fingerprint density at radius 2 is 2.31 bits per heavy atom. The molecule has 0 bridgehead atoms. The van der Waals surface area contributed by atoms with Crippen LogP contribution in [0.25, 0.3) is 6.08 Å². The topological polar surface area (TPSA) is 17.1 Å². The minimum absolute atomic E-state index is 0.112. The molecule has 0 saturated carbocycles. The number of hydrogen-bond acceptors (Lipinski definition) is 2. The summed E-state index contributed by atoms with van der Waals surface area (Å²) in [6.07, 6.45) is 4.37. The Hall–Kier alpha value is -0.610. The van der Waals surface area contributed by atoms with Crippen molar-refractivity contribution >= 4 is 38.9 Å². The van der Waals surface area contributed by atoms with Gasteiger partial charge in [-0.05, 0) is 18.6 Å². The van der Waals surface area contributed by atoms with Crippen molar-refractivity contribution in [1.29, 1.82) is 0 Å². The Bertz CT molecular complexity index is 384. The van der Waals surface area contributed by atoms with Crippen molar-refractivity contribution in [3.8, 4) is 0 Å². The molecule has 16 heavy (non-hydrogen) atoms. The predicted octanol–water partition coefficient (Wildman–Crippen LogP) is 4.27. The first-order valence-electron chi connectivity index (χ1n) is 4.85. The number of carbonyl (C=O) groups is 1. The summed E-state index contributed by atoms with van der Waals surface area (Å²) in [6, 6.07) is 4.88. The maximum absolute atomic E-state index is 13.3. The molecule has 0 aliphatic heterocycles. The smallest absolute Gasteiger partial charge is 0.185 e. The summed E-state index contributed by atoms with van der Waals surface area (Å²) in [5, 5.41) is 0.112. The summed E-state index contributed by atoms with van der Waals surface area (Å²) in [4.78, 5) is 10.7. The maximum Gasteiger partial charge on any atom is 0.185 e. The van der Waals surface area contributed by atoms with E-state index in [-0.39, 0.29) is 10.9 Å². The first-order chi connectivity index (χ1) is 7.61. The van der Waals surface area contributed by atoms with Crippen LogP contribution in [0.1, 0.15) is 18.9 Å². The molecular formula is C12H12BrFOS. The number of hydrogen-bond donors (Lipinski definition) is 0. The van der Waals surface area contributed by atoms with E-state index in [0.717, 1.165) is 16.6 Å². The summed E-state index contributed by atoms with van der Waals surface area (Å²) in [5.74, 6) is 0.489. The number of carbonyl (C=O) groups excluding carboxylic acids is 1. The van der Waals surface area contributed by atoms with Crippen LogP contribution >= 0.6 is 27.7 Å². The number of allylic oxidation sites excluding steroid dienone is 1. The third-order valence-corrected chi connectivity index (χ3v) is 3.41. The fourth-order valence-corrected chi connectivity index (χ4v) is 2.16. The van der Waals surface area contributed by atoms with Gasteiger partial charge >= 0.3 is 0 Å². The second kappa shape index (κ2) is 6.86. The zero-order chi connectivity index (χ0) is 12.0. The normalized spacial score (nSPS) is 10.9. The first-order valence-corrected chi connectivity index (χ1v) is 6.63. The lowest BCUT2D eigenvalue weighted by Crippen LogP contribution is -1.85. The number of halogens is 2. The van der Waals surface area contributed by atoms with Crippen LogP contribution in [-0.2, 0) is 4.79 Å². The molecule has 0 amide bonds. The Morgan fingerprint density at radius 1 is 1.56 bits per heavy atom. The van der Waals surface area contributed by atoms with Crippen LogP contribution in [0.4, 0.5) is 4.39 Å². The second-order valence-corrected chi connectivity index (χ2v) is 5.29. The summed E-state index contributed by atoms with van der Waals surface area (Å²) < 4.78 is 14.1. The standard InChI is InChI=1S/C12H12BrFOS/c1-9(15)16-8-3-2-5-10-11(13)6-4-7-12(10)14/h2,4-7H,3,8H2,1H3. The van der Waals surface area contributed by atoms with Gasteiger partial charge < -0.3 is 0 Å². The van der Waals surface area contributed by atoms with Crippen molar-refractivity contribution in [2.45, 2.75) is 13.3 Å². The molecule has 1 aromatic rings. The quantitative estimate of drug-likeness (QED) is 0.773. The molecule has 0 aromatic heterocycles. The van der Waals surface area contributed by atoms with E-state index in [2.05, 4.69) is 15.9 Å². The molecule has 0 aliphatic carbocycles. The largest absolute Gasteiger partial charge is 0.288 e. The monoisotopic (exact) mass is 302 g/mol. The lowest BCUT2D eigenvalue weighted by atomic mass is 10.2. The van der Waals surface area contributed by atoms with Crippen LogP contribution < -0.4 is 0 Å². The molecule has 0 unspecified atom stereocenters. The summed E-state index contributed by atoms with van der Waals surface area (Å²) in [6.45, 7) is 1.54. The van der Waals surface area contributed by atoms with Crippen molar-refractivity contribution in [3.05, 3.63) is 40.1 Å². The highest BCUT2D eigenvalue weighted by molar-refractivity contribution is 9.10. The third-order valence-electron chi connectivity index (χ3n) is 1.87. The summed E-state index contributed by atoms with van der Waals surface area (Å²) >= 11 is 4.57. The summed E-state index contributed by atoms with van der Waals surface area (Å²) in [7, 11) is 0. The number of rotatable bonds is 4. The zero-order valence-corrected chi connectivity index (χ0v) is 11.3. The molecule has 0 atom stereocenters. The van der Waals surface area contributed by atoms with E-state index in [0.29, 0.717) is 5.56 Å². The van der Waals surface area contributed by atoms with Gasteiger partial charge in [0.25, 0.3) is 0 Å². The molecular weight excluding hydrogens is 291 g/mol. The van der Waals surface area contributed by atoms with E-state index >= 15 is 0 Å². The zero-order valence-electron chi connectivity index (χ0n) is 8.87. The van der Waals surface area contributed by atoms with E-state index in [4.69, 9.17) is 0 Å². The molecule has 1 nitrogen and oxygen atoms in total. The van der Waals surface area contributed by atoms with Gasteiger partial charge in [-0.3, -0.25) is 4.79 Å². The van der Waals surface area contributed by atoms with Crippen molar-refractivity contribution in [3.63, 3.8) is 0 Å². The van der Waals surface area contributed by atoms with Crippen molar-refractivity contribution in [1.82, 2.24) is 0 Å². The second-order valence-electron chi connectivity index (χ2n) is 3.17. The van der Waals surface area contributed by atoms with Gasteiger partial charge in [0.1, 0.15) is 5.82 Å². The SMILES string of the molecule is CC(=O)SCCC=Cc1c(F)cccc1Br. The maximum atomic E-state index is 13.3. The minimum atomic E-state index is -0.246. The first kappa shape index (κ1) is 13.5. The summed E-state index contributed by atoms with van der Waals surface area (Å²) in [5.41, 5.74) is 0.551. The van der Waals surface area contributed by atoms with Crippen LogP contribution in [0.15, 0.2) is 28.7 Å². The van der Waals surface area contributed by atoms with E-state index in [1.54, 1.807) is 25.1 Å². The Balaban J connectivity index is 2.53. The highest BCUT2D eigenvalue weighted by Gasteiger charge is 2.01. The van der Waals surface area contributed by atoms with Crippen LogP contribution in [-0.4, -0.2) is 10.9 Å². The Kier molecular flexibility index (Phi) is 5.77. The molecule has 1 aromatic carbocycles. The van der Waals surface area contributed by atoms with E-state index in [9.17, 15) is 9.18 Å². The molecule has 0 aliphatic rings. The van der Waals surface area contributed by atoms with Crippen LogP contribution in [0.3, 0.4) is 0 Å². The fraction of sp³-hybridized carbons (Fsp3) is 0.250. The van der Waals surface area contributed by atoms with Gasteiger partial charge in [0.15, 0.2) is 5.12 Å². The van der Waals surface area contributed by atoms with E-state index < -0.39 is 0 Å². The highest BCUT2D eigenvalue weighted by Crippen LogP contribution is 2.21. The number of benzene rings is 1. The van der Waals surface area contributed by atoms with Crippen molar-refractivity contribution in [2.75, 3.05) is 5.75 Å². The molecule has 86 valence electrons. The van der Waals surface area contributed by atoms with Crippen LogP contribution in [0, 0.1) is 5.82 Å². The van der Waals surface area contributed by atoms with Crippen molar-refractivity contribution in [2.24, 2.45) is 0 Å². The Morgan fingerprint density at radius 3 is 2.94 bits per heavy atom. The van der Waals surface area contributed by atoms with Gasteiger partial charge in [-0.2, -0.15) is 0 Å². The Labute approximate surface area is 107 Å². The van der Waals surface area contributed by atoms with E-state index in [1.807, 2.05) is 6.08 Å². The number of thioether (sulfide) groups is 1. The molecule has 0 radical (unpaired) electrons. The molecule has 4 heteroatoms.